The van der Waals surface area contributed by atoms with Gasteiger partial charge in [0.15, 0.2) is 11.5 Å². The summed E-state index contributed by atoms with van der Waals surface area (Å²) in [5.41, 5.74) is 9.89. The molecule has 0 amide bonds. The molecule has 0 aliphatic carbocycles. The Hall–Kier alpha value is -3.16. The van der Waals surface area contributed by atoms with Crippen molar-refractivity contribution in [1.29, 1.82) is 0 Å². The largest absolute Gasteiger partial charge is 0.435 e. The van der Waals surface area contributed by atoms with Crippen molar-refractivity contribution in [3.8, 4) is 11.4 Å². The van der Waals surface area contributed by atoms with Crippen LogP contribution in [0.1, 0.15) is 5.69 Å². The van der Waals surface area contributed by atoms with Crippen LogP contribution in [-0.2, 0) is 6.18 Å². The normalized spacial score (nSPS) is 10.7. The summed E-state index contributed by atoms with van der Waals surface area (Å²) in [5.74, 6) is -0.651. The van der Waals surface area contributed by atoms with Gasteiger partial charge in [-0.25, -0.2) is 14.4 Å². The first-order chi connectivity index (χ1) is 11.8. The molecule has 1 heterocycles. The van der Waals surface area contributed by atoms with E-state index in [2.05, 4.69) is 9.97 Å². The molecule has 0 unspecified atom stereocenters. The maximum Gasteiger partial charge on any atom is 0.435 e. The van der Waals surface area contributed by atoms with Crippen LogP contribution < -0.4 is 11.5 Å². The van der Waals surface area contributed by atoms with Crippen molar-refractivity contribution in [3.05, 3.63) is 72.3 Å². The third-order valence-corrected chi connectivity index (χ3v) is 2.99. The van der Waals surface area contributed by atoms with Crippen LogP contribution in [0, 0.1) is 5.82 Å². The summed E-state index contributed by atoms with van der Waals surface area (Å²) in [5, 5.41) is 0. The Balaban J connectivity index is 0.000000269. The summed E-state index contributed by atoms with van der Waals surface area (Å²) < 4.78 is 50.4. The first kappa shape index (κ1) is 18.2. The first-order valence-electron chi connectivity index (χ1n) is 7.03. The highest BCUT2D eigenvalue weighted by molar-refractivity contribution is 5.57. The Morgan fingerprint density at radius 3 is 1.92 bits per heavy atom. The van der Waals surface area contributed by atoms with E-state index < -0.39 is 23.4 Å². The molecule has 2 aromatic carbocycles. The predicted molar refractivity (Wildman–Crippen MR) is 87.7 cm³/mol. The molecule has 0 radical (unpaired) electrons. The number of nitrogen functional groups attached to an aromatic ring is 2. The molecule has 0 fully saturated rings. The van der Waals surface area contributed by atoms with Crippen molar-refractivity contribution in [2.24, 2.45) is 0 Å². The number of hydrogen-bond donors (Lipinski definition) is 2. The molecule has 3 aromatic rings. The minimum atomic E-state index is -4.65. The zero-order valence-electron chi connectivity index (χ0n) is 12.8. The number of nitrogens with two attached hydrogens (primary N) is 2. The minimum absolute atomic E-state index is 0.156. The molecule has 130 valence electrons. The average molecular weight is 350 g/mol. The van der Waals surface area contributed by atoms with Crippen molar-refractivity contribution in [2.75, 3.05) is 11.5 Å². The number of nitrogens with zero attached hydrogens (tertiary/aromatic N) is 2. The topological polar surface area (TPSA) is 77.8 Å². The zero-order chi connectivity index (χ0) is 18.4. The van der Waals surface area contributed by atoms with Crippen LogP contribution in [0.4, 0.5) is 28.9 Å². The van der Waals surface area contributed by atoms with Gasteiger partial charge in [0.05, 0.1) is 11.9 Å². The zero-order valence-corrected chi connectivity index (χ0v) is 12.8. The van der Waals surface area contributed by atoms with E-state index in [1.165, 1.54) is 12.1 Å². The van der Waals surface area contributed by atoms with E-state index in [0.29, 0.717) is 0 Å². The molecule has 0 aliphatic rings. The molecule has 3 rings (SSSR count). The molecule has 0 saturated heterocycles. The van der Waals surface area contributed by atoms with Crippen LogP contribution in [0.5, 0.6) is 0 Å². The predicted octanol–water partition coefficient (Wildman–Crippen LogP) is 4.15. The van der Waals surface area contributed by atoms with E-state index >= 15 is 0 Å². The number of halogens is 4. The number of aromatic nitrogens is 2. The van der Waals surface area contributed by atoms with Gasteiger partial charge in [0.1, 0.15) is 5.82 Å². The minimum Gasteiger partial charge on any atom is -0.399 e. The fraction of sp³-hybridized carbons (Fsp3) is 0.0588. The van der Waals surface area contributed by atoms with Gasteiger partial charge in [-0.2, -0.15) is 13.2 Å². The molecule has 25 heavy (non-hydrogen) atoms. The molecule has 8 heteroatoms. The highest BCUT2D eigenvalue weighted by atomic mass is 19.4. The van der Waals surface area contributed by atoms with Gasteiger partial charge in [-0.05, 0) is 36.4 Å². The summed E-state index contributed by atoms with van der Waals surface area (Å²) in [7, 11) is 0. The molecular weight excluding hydrogens is 336 g/mol. The van der Waals surface area contributed by atoms with Crippen molar-refractivity contribution in [1.82, 2.24) is 9.97 Å². The maximum absolute atomic E-state index is 12.7. The molecular formula is C17H14F4N4. The van der Waals surface area contributed by atoms with Gasteiger partial charge in [-0.15, -0.1) is 0 Å². The third kappa shape index (κ3) is 5.17. The monoisotopic (exact) mass is 350 g/mol. The van der Waals surface area contributed by atoms with E-state index in [4.69, 9.17) is 11.5 Å². The van der Waals surface area contributed by atoms with E-state index in [1.54, 1.807) is 0 Å². The molecule has 0 bridgehead atoms. The van der Waals surface area contributed by atoms with E-state index in [9.17, 15) is 17.6 Å². The highest BCUT2D eigenvalue weighted by Gasteiger charge is 2.35. The summed E-state index contributed by atoms with van der Waals surface area (Å²) in [6.45, 7) is 0. The Kier molecular flexibility index (Phi) is 5.53. The van der Waals surface area contributed by atoms with Crippen LogP contribution in [0.3, 0.4) is 0 Å². The number of para-hydroxylation sites is 1. The lowest BCUT2D eigenvalue weighted by Crippen LogP contribution is -2.13. The number of rotatable bonds is 1. The summed E-state index contributed by atoms with van der Waals surface area (Å²) in [6, 6.07) is 14.3. The third-order valence-electron chi connectivity index (χ3n) is 2.99. The van der Waals surface area contributed by atoms with Gasteiger partial charge in [-0.3, -0.25) is 0 Å². The van der Waals surface area contributed by atoms with Crippen LogP contribution in [-0.4, -0.2) is 9.97 Å². The van der Waals surface area contributed by atoms with E-state index in [0.717, 1.165) is 24.0 Å². The second kappa shape index (κ2) is 7.61. The van der Waals surface area contributed by atoms with Gasteiger partial charge in [0.25, 0.3) is 0 Å². The van der Waals surface area contributed by atoms with Crippen LogP contribution in [0.15, 0.2) is 60.8 Å². The molecule has 0 atom stereocenters. The number of benzene rings is 2. The van der Waals surface area contributed by atoms with Crippen molar-refractivity contribution < 1.29 is 17.6 Å². The van der Waals surface area contributed by atoms with Crippen molar-refractivity contribution in [2.45, 2.75) is 6.18 Å². The smallest absolute Gasteiger partial charge is 0.399 e. The molecule has 0 spiro atoms. The lowest BCUT2D eigenvalue weighted by atomic mass is 10.2. The fourth-order valence-corrected chi connectivity index (χ4v) is 1.81. The SMILES string of the molecule is Nc1ccccc1.Nc1cnc(-c2ccc(F)cc2)nc1C(F)(F)F. The second-order valence-corrected chi connectivity index (χ2v) is 4.91. The average Bonchev–Trinajstić information content (AvgIpc) is 2.56. The van der Waals surface area contributed by atoms with Crippen LogP contribution >= 0.6 is 0 Å². The number of hydrogen-bond acceptors (Lipinski definition) is 4. The summed E-state index contributed by atoms with van der Waals surface area (Å²) in [4.78, 5) is 7.05. The van der Waals surface area contributed by atoms with Gasteiger partial charge in [-0.1, -0.05) is 18.2 Å². The number of alkyl halides is 3. The summed E-state index contributed by atoms with van der Waals surface area (Å²) in [6.07, 6.45) is -3.77. The van der Waals surface area contributed by atoms with Gasteiger partial charge >= 0.3 is 6.18 Å². The molecule has 0 saturated carbocycles. The van der Waals surface area contributed by atoms with E-state index in [1.807, 2.05) is 30.3 Å². The fourth-order valence-electron chi connectivity index (χ4n) is 1.81. The van der Waals surface area contributed by atoms with Crippen LogP contribution in [0.25, 0.3) is 11.4 Å². The van der Waals surface area contributed by atoms with Gasteiger partial charge in [0.2, 0.25) is 0 Å². The Bertz CT molecular complexity index is 818. The van der Waals surface area contributed by atoms with Gasteiger partial charge in [0, 0.05) is 11.3 Å². The lowest BCUT2D eigenvalue weighted by molar-refractivity contribution is -0.140. The molecule has 1 aromatic heterocycles. The Labute approximate surface area is 141 Å². The Morgan fingerprint density at radius 1 is 0.840 bits per heavy atom. The first-order valence-corrected chi connectivity index (χ1v) is 7.03. The molecule has 4 nitrogen and oxygen atoms in total. The molecule has 0 aliphatic heterocycles. The lowest BCUT2D eigenvalue weighted by Gasteiger charge is -2.09. The van der Waals surface area contributed by atoms with E-state index in [-0.39, 0.29) is 11.4 Å². The standard InChI is InChI=1S/C11H7F4N3.C6H7N/c12-7-3-1-6(2-4-7)10-17-5-8(16)9(18-10)11(13,14)15;7-6-4-2-1-3-5-6/h1-5H,16H2;1-5H,7H2. The Morgan fingerprint density at radius 2 is 1.44 bits per heavy atom. The van der Waals surface area contributed by atoms with Crippen molar-refractivity contribution in [3.63, 3.8) is 0 Å². The van der Waals surface area contributed by atoms with Crippen LogP contribution in [0.2, 0.25) is 0 Å². The summed E-state index contributed by atoms with van der Waals surface area (Å²) >= 11 is 0. The van der Waals surface area contributed by atoms with Crippen molar-refractivity contribution >= 4 is 11.4 Å². The quantitative estimate of drug-likeness (QED) is 0.510. The maximum atomic E-state index is 12.7. The molecule has 4 N–H and O–H groups in total. The second-order valence-electron chi connectivity index (χ2n) is 4.91. The highest BCUT2D eigenvalue weighted by Crippen LogP contribution is 2.32. The number of anilines is 2. The van der Waals surface area contributed by atoms with Gasteiger partial charge < -0.3 is 11.5 Å².